The molecule has 2 saturated heterocycles. The molecular formula is C36H44N8O3. The summed E-state index contributed by atoms with van der Waals surface area (Å²) < 4.78 is 5.55. The average molecular weight is 637 g/mol. The number of carbonyl (C=O) groups excluding carboxylic acids is 1. The van der Waals surface area contributed by atoms with Crippen molar-refractivity contribution in [2.75, 3.05) is 37.6 Å². The van der Waals surface area contributed by atoms with E-state index in [-0.39, 0.29) is 17.9 Å². The molecule has 6 heterocycles. The number of hydrogen-bond donors (Lipinski definition) is 2. The highest BCUT2D eigenvalue weighted by Gasteiger charge is 2.55. The highest BCUT2D eigenvalue weighted by atomic mass is 16.6. The van der Waals surface area contributed by atoms with E-state index in [1.165, 1.54) is 29.7 Å². The monoisotopic (exact) mass is 636 g/mol. The van der Waals surface area contributed by atoms with Crippen LogP contribution in [0.3, 0.4) is 0 Å². The number of H-pyrrole nitrogens is 1. The van der Waals surface area contributed by atoms with E-state index < -0.39 is 5.60 Å². The third kappa shape index (κ3) is 5.48. The summed E-state index contributed by atoms with van der Waals surface area (Å²) in [6.07, 6.45) is 9.36. The van der Waals surface area contributed by atoms with Crippen molar-refractivity contribution in [2.24, 2.45) is 5.41 Å². The Kier molecular flexibility index (Phi) is 7.16. The van der Waals surface area contributed by atoms with Crippen molar-refractivity contribution in [3.63, 3.8) is 0 Å². The first-order chi connectivity index (χ1) is 22.6. The van der Waals surface area contributed by atoms with Crippen molar-refractivity contribution < 1.29 is 14.6 Å². The van der Waals surface area contributed by atoms with E-state index in [1.54, 1.807) is 12.1 Å². The maximum absolute atomic E-state index is 12.4. The topological polar surface area (TPSA) is 124 Å². The zero-order chi connectivity index (χ0) is 32.5. The lowest BCUT2D eigenvalue weighted by Gasteiger charge is -2.61. The standard InChI is InChI=1S/C36H44N8O3/c1-22-31-27-15-29(26-7-5-6-8-30(26)45)40-41-32(27)39-28(31)11-14-44(22)33-37-18-24(19-38-33)23-9-12-42(13-10-23)25-16-36(17-25)20-43(21-36)34(46)47-35(2,3)4/h5-8,15,18-19,22-23,25,45H,9-14,16-17,20-21H2,1-4H3,(H,39,41)/t22-/m1/s1. The van der Waals surface area contributed by atoms with Crippen LogP contribution in [0.1, 0.15) is 82.2 Å². The number of fused-ring (bicyclic) bond motifs is 3. The minimum atomic E-state index is -0.442. The molecular weight excluding hydrogens is 592 g/mol. The molecule has 246 valence electrons. The number of amides is 1. The van der Waals surface area contributed by atoms with E-state index in [2.05, 4.69) is 31.9 Å². The molecule has 3 aliphatic heterocycles. The second-order valence-corrected chi connectivity index (χ2v) is 15.2. The number of rotatable bonds is 4. The number of hydrogen-bond acceptors (Lipinski definition) is 9. The number of aromatic amines is 1. The van der Waals surface area contributed by atoms with Gasteiger partial charge in [-0.15, -0.1) is 10.2 Å². The second kappa shape index (κ2) is 11.2. The molecule has 1 atom stereocenters. The van der Waals surface area contributed by atoms with Crippen molar-refractivity contribution in [2.45, 2.75) is 83.4 Å². The largest absolute Gasteiger partial charge is 0.507 e. The van der Waals surface area contributed by atoms with Crippen LogP contribution in [0.4, 0.5) is 10.7 Å². The molecule has 0 bridgehead atoms. The highest BCUT2D eigenvalue weighted by Crippen LogP contribution is 2.51. The minimum absolute atomic E-state index is 0.0562. The fraction of sp³-hybridized carbons (Fsp3) is 0.528. The fourth-order valence-electron chi connectivity index (χ4n) is 8.38. The van der Waals surface area contributed by atoms with Gasteiger partial charge >= 0.3 is 6.09 Å². The molecule has 47 heavy (non-hydrogen) atoms. The van der Waals surface area contributed by atoms with Crippen molar-refractivity contribution in [1.82, 2.24) is 34.9 Å². The Hall–Kier alpha value is -4.25. The molecule has 1 saturated carbocycles. The van der Waals surface area contributed by atoms with Crippen molar-refractivity contribution in [1.29, 1.82) is 0 Å². The predicted molar refractivity (Wildman–Crippen MR) is 179 cm³/mol. The Morgan fingerprint density at radius 2 is 1.77 bits per heavy atom. The van der Waals surface area contributed by atoms with Crippen LogP contribution in [0.15, 0.2) is 42.7 Å². The summed E-state index contributed by atoms with van der Waals surface area (Å²) in [7, 11) is 0. The van der Waals surface area contributed by atoms with Crippen LogP contribution in [0.2, 0.25) is 0 Å². The van der Waals surface area contributed by atoms with Crippen LogP contribution in [0.5, 0.6) is 5.75 Å². The Bertz CT molecular complexity index is 1790. The van der Waals surface area contributed by atoms with Crippen molar-refractivity contribution >= 4 is 23.1 Å². The molecule has 4 aromatic rings. The molecule has 1 aromatic carbocycles. The van der Waals surface area contributed by atoms with Gasteiger partial charge in [0.25, 0.3) is 0 Å². The molecule has 0 radical (unpaired) electrons. The van der Waals surface area contributed by atoms with E-state index in [0.29, 0.717) is 28.6 Å². The van der Waals surface area contributed by atoms with Gasteiger partial charge in [0.2, 0.25) is 5.95 Å². The summed E-state index contributed by atoms with van der Waals surface area (Å²) in [5.41, 5.74) is 5.54. The van der Waals surface area contributed by atoms with Crippen molar-refractivity contribution in [3.8, 4) is 17.0 Å². The SMILES string of the molecule is C[C@@H]1c2c([nH]c3nnc(-c4ccccc4O)cc23)CCN1c1ncc(C2CCN(C3CC4(C3)CN(C(=O)OC(C)(C)C)C4)CC2)cn1. The van der Waals surface area contributed by atoms with E-state index in [9.17, 15) is 9.90 Å². The Morgan fingerprint density at radius 3 is 2.47 bits per heavy atom. The molecule has 0 unspecified atom stereocenters. The average Bonchev–Trinajstić information content (AvgIpc) is 3.38. The Balaban J connectivity index is 0.879. The third-order valence-electron chi connectivity index (χ3n) is 10.8. The quantitative estimate of drug-likeness (QED) is 0.285. The number of ether oxygens (including phenoxy) is 1. The molecule has 1 amide bonds. The molecule has 1 aliphatic carbocycles. The van der Waals surface area contributed by atoms with E-state index >= 15 is 0 Å². The molecule has 2 N–H and O–H groups in total. The van der Waals surface area contributed by atoms with Gasteiger partial charge in [-0.05, 0) is 96.1 Å². The fourth-order valence-corrected chi connectivity index (χ4v) is 8.38. The maximum Gasteiger partial charge on any atom is 0.410 e. The second-order valence-electron chi connectivity index (χ2n) is 15.2. The summed E-state index contributed by atoms with van der Waals surface area (Å²) in [6, 6.07) is 9.94. The third-order valence-corrected chi connectivity index (χ3v) is 10.8. The number of anilines is 1. The summed E-state index contributed by atoms with van der Waals surface area (Å²) in [5.74, 6) is 1.42. The van der Waals surface area contributed by atoms with Gasteiger partial charge in [-0.1, -0.05) is 12.1 Å². The number of para-hydroxylation sites is 1. The molecule has 11 nitrogen and oxygen atoms in total. The van der Waals surface area contributed by atoms with Gasteiger partial charge in [-0.2, -0.15) is 0 Å². The number of piperidine rings is 1. The maximum atomic E-state index is 12.4. The van der Waals surface area contributed by atoms with Gasteiger partial charge in [0.15, 0.2) is 5.65 Å². The number of phenols is 1. The van der Waals surface area contributed by atoms with Gasteiger partial charge in [0, 0.05) is 72.1 Å². The molecule has 3 fully saturated rings. The lowest BCUT2D eigenvalue weighted by Crippen LogP contribution is -2.68. The first kappa shape index (κ1) is 30.1. The predicted octanol–water partition coefficient (Wildman–Crippen LogP) is 5.82. The van der Waals surface area contributed by atoms with Crippen molar-refractivity contribution in [3.05, 3.63) is 59.5 Å². The molecule has 4 aliphatic rings. The number of likely N-dealkylation sites (tertiary alicyclic amines) is 2. The zero-order valence-electron chi connectivity index (χ0n) is 27.7. The number of nitrogens with zero attached hydrogens (tertiary/aromatic N) is 7. The summed E-state index contributed by atoms with van der Waals surface area (Å²) in [4.78, 5) is 32.4. The zero-order valence-corrected chi connectivity index (χ0v) is 27.7. The molecule has 3 aromatic heterocycles. The smallest absolute Gasteiger partial charge is 0.410 e. The number of phenolic OH excluding ortho intramolecular Hbond substituents is 1. The van der Waals surface area contributed by atoms with Crippen LogP contribution in [0, 0.1) is 5.41 Å². The summed E-state index contributed by atoms with van der Waals surface area (Å²) in [6.45, 7) is 12.6. The van der Waals surface area contributed by atoms with Gasteiger partial charge < -0.3 is 29.5 Å². The van der Waals surface area contributed by atoms with Crippen LogP contribution in [0.25, 0.3) is 22.3 Å². The van der Waals surface area contributed by atoms with E-state index in [4.69, 9.17) is 14.7 Å². The van der Waals surface area contributed by atoms with E-state index in [1.807, 2.05) is 56.3 Å². The minimum Gasteiger partial charge on any atom is -0.507 e. The van der Waals surface area contributed by atoms with Crippen LogP contribution < -0.4 is 4.90 Å². The number of aromatic nitrogens is 5. The first-order valence-corrected chi connectivity index (χ1v) is 17.0. The lowest BCUT2D eigenvalue weighted by molar-refractivity contribution is -0.110. The van der Waals surface area contributed by atoms with E-state index in [0.717, 1.165) is 69.0 Å². The Labute approximate surface area is 275 Å². The number of carbonyl (C=O) groups is 1. The lowest BCUT2D eigenvalue weighted by atomic mass is 9.60. The first-order valence-electron chi connectivity index (χ1n) is 17.0. The van der Waals surface area contributed by atoms with Gasteiger partial charge in [-0.3, -0.25) is 0 Å². The normalized spacial score (nSPS) is 21.8. The van der Waals surface area contributed by atoms with Gasteiger partial charge in [-0.25, -0.2) is 14.8 Å². The highest BCUT2D eigenvalue weighted by molar-refractivity contribution is 5.86. The molecule has 8 rings (SSSR count). The van der Waals surface area contributed by atoms with Crippen LogP contribution in [-0.4, -0.2) is 90.5 Å². The number of aromatic hydroxyl groups is 1. The molecule has 1 spiro atoms. The van der Waals surface area contributed by atoms with Gasteiger partial charge in [0.05, 0.1) is 11.7 Å². The number of nitrogens with one attached hydrogen (secondary N) is 1. The Morgan fingerprint density at radius 1 is 1.04 bits per heavy atom. The molecule has 11 heteroatoms. The van der Waals surface area contributed by atoms with Gasteiger partial charge in [0.1, 0.15) is 11.4 Å². The number of benzene rings is 1. The summed E-state index contributed by atoms with van der Waals surface area (Å²) in [5, 5.41) is 20.3. The summed E-state index contributed by atoms with van der Waals surface area (Å²) >= 11 is 0. The van der Waals surface area contributed by atoms with Crippen LogP contribution >= 0.6 is 0 Å². The van der Waals surface area contributed by atoms with Crippen LogP contribution in [-0.2, 0) is 11.2 Å².